The average molecular weight is 552 g/mol. The summed E-state index contributed by atoms with van der Waals surface area (Å²) in [4.78, 5) is 24.5. The van der Waals surface area contributed by atoms with E-state index in [1.54, 1.807) is 19.1 Å². The van der Waals surface area contributed by atoms with Crippen molar-refractivity contribution < 1.29 is 39.1 Å². The largest absolute Gasteiger partial charge is 0.457 e. The average Bonchev–Trinajstić information content (AvgIpc) is 3.65. The van der Waals surface area contributed by atoms with Crippen molar-refractivity contribution in [3.05, 3.63) is 36.0 Å². The molecule has 222 valence electrons. The third-order valence-electron chi connectivity index (χ3n) is 7.78. The Bertz CT molecular complexity index is 897. The molecule has 0 aromatic rings. The molecule has 10 unspecified atom stereocenters. The lowest BCUT2D eigenvalue weighted by molar-refractivity contribution is -0.151. The standard InChI is InChI=1S/C30H49NO8/c1-8-23(33)21(5)28-24(37-28)16-18(2)10-9-11-19(3)27-20(4)12-13-25(38-29(35)31-7)30(6,36)15-14-22(32)17-26(34)39-27/h9-13,18,20-25,27-28,32-33,36H,8,14-17H2,1-7H3,(H,31,35). The van der Waals surface area contributed by atoms with E-state index in [0.717, 1.165) is 12.0 Å². The third-order valence-corrected chi connectivity index (χ3v) is 7.78. The first-order chi connectivity index (χ1) is 18.3. The predicted molar refractivity (Wildman–Crippen MR) is 149 cm³/mol. The molecule has 0 aliphatic carbocycles. The van der Waals surface area contributed by atoms with Crippen LogP contribution >= 0.6 is 0 Å². The van der Waals surface area contributed by atoms with Gasteiger partial charge in [-0.15, -0.1) is 0 Å². The molecule has 1 amide bonds. The molecule has 9 heteroatoms. The van der Waals surface area contributed by atoms with Crippen molar-refractivity contribution in [3.63, 3.8) is 0 Å². The second-order valence-corrected chi connectivity index (χ2v) is 11.5. The van der Waals surface area contributed by atoms with Crippen molar-refractivity contribution in [1.82, 2.24) is 5.32 Å². The highest BCUT2D eigenvalue weighted by Gasteiger charge is 2.45. The van der Waals surface area contributed by atoms with Crippen LogP contribution in [0, 0.1) is 17.8 Å². The van der Waals surface area contributed by atoms with Crippen LogP contribution in [0.1, 0.15) is 73.6 Å². The predicted octanol–water partition coefficient (Wildman–Crippen LogP) is 3.81. The molecule has 4 N–H and O–H groups in total. The van der Waals surface area contributed by atoms with Crippen LogP contribution in [-0.4, -0.2) is 76.7 Å². The Kier molecular flexibility index (Phi) is 12.7. The van der Waals surface area contributed by atoms with Crippen molar-refractivity contribution >= 4 is 12.1 Å². The number of carbonyl (C=O) groups is 2. The minimum atomic E-state index is -1.44. The van der Waals surface area contributed by atoms with Gasteiger partial charge in [0, 0.05) is 18.9 Å². The van der Waals surface area contributed by atoms with Crippen molar-refractivity contribution in [2.75, 3.05) is 7.05 Å². The van der Waals surface area contributed by atoms with Crippen molar-refractivity contribution in [2.24, 2.45) is 17.8 Å². The Balaban J connectivity index is 2.14. The Morgan fingerprint density at radius 1 is 1.33 bits per heavy atom. The molecule has 0 radical (unpaired) electrons. The van der Waals surface area contributed by atoms with Crippen LogP contribution in [0.25, 0.3) is 0 Å². The molecule has 0 aromatic carbocycles. The van der Waals surface area contributed by atoms with Gasteiger partial charge in [0.1, 0.15) is 11.7 Å². The number of amides is 1. The van der Waals surface area contributed by atoms with E-state index in [9.17, 15) is 24.9 Å². The van der Waals surface area contributed by atoms with Crippen molar-refractivity contribution in [3.8, 4) is 0 Å². The molecule has 2 aliphatic rings. The van der Waals surface area contributed by atoms with Crippen molar-refractivity contribution in [2.45, 2.75) is 116 Å². The number of esters is 1. The van der Waals surface area contributed by atoms with Crippen LogP contribution in [0.15, 0.2) is 36.0 Å². The first-order valence-corrected chi connectivity index (χ1v) is 14.1. The van der Waals surface area contributed by atoms with Gasteiger partial charge in [0.2, 0.25) is 0 Å². The molecule has 0 saturated carbocycles. The lowest BCUT2D eigenvalue weighted by Gasteiger charge is -2.32. The zero-order chi connectivity index (χ0) is 29.3. The second kappa shape index (κ2) is 15.0. The van der Waals surface area contributed by atoms with Gasteiger partial charge in [-0.3, -0.25) is 4.79 Å². The topological polar surface area (TPSA) is 138 Å². The van der Waals surface area contributed by atoms with Gasteiger partial charge in [0.25, 0.3) is 0 Å². The van der Waals surface area contributed by atoms with Crippen LogP contribution in [0.4, 0.5) is 4.79 Å². The fourth-order valence-electron chi connectivity index (χ4n) is 4.96. The summed E-state index contributed by atoms with van der Waals surface area (Å²) in [6.07, 6.45) is 7.62. The van der Waals surface area contributed by atoms with Gasteiger partial charge in [0.15, 0.2) is 6.10 Å². The molecule has 9 nitrogen and oxygen atoms in total. The number of aliphatic hydroxyl groups excluding tert-OH is 2. The maximum atomic E-state index is 12.6. The second-order valence-electron chi connectivity index (χ2n) is 11.5. The van der Waals surface area contributed by atoms with E-state index >= 15 is 0 Å². The lowest BCUT2D eigenvalue weighted by atomic mass is 9.88. The summed E-state index contributed by atoms with van der Waals surface area (Å²) in [6, 6.07) is 0. The van der Waals surface area contributed by atoms with E-state index in [0.29, 0.717) is 6.42 Å². The molecular weight excluding hydrogens is 502 g/mol. The van der Waals surface area contributed by atoms with E-state index in [2.05, 4.69) is 18.3 Å². The van der Waals surface area contributed by atoms with Gasteiger partial charge >= 0.3 is 12.1 Å². The highest BCUT2D eigenvalue weighted by molar-refractivity contribution is 5.70. The Labute approximate surface area is 233 Å². The fraction of sp³-hybridized carbons (Fsp3) is 0.733. The van der Waals surface area contributed by atoms with E-state index in [-0.39, 0.29) is 55.3 Å². The maximum Gasteiger partial charge on any atom is 0.407 e. The Hall–Kier alpha value is -2.20. The van der Waals surface area contributed by atoms with E-state index in [1.165, 1.54) is 7.05 Å². The lowest BCUT2D eigenvalue weighted by Crippen LogP contribution is -2.43. The summed E-state index contributed by atoms with van der Waals surface area (Å²) in [5, 5.41) is 33.8. The first-order valence-electron chi connectivity index (χ1n) is 14.1. The fourth-order valence-corrected chi connectivity index (χ4v) is 4.96. The first kappa shape index (κ1) is 33.0. The van der Waals surface area contributed by atoms with Crippen LogP contribution in [0.3, 0.4) is 0 Å². The number of hydrogen-bond donors (Lipinski definition) is 4. The number of cyclic esters (lactones) is 1. The van der Waals surface area contributed by atoms with Gasteiger partial charge in [-0.25, -0.2) is 4.79 Å². The number of hydrogen-bond acceptors (Lipinski definition) is 8. The van der Waals surface area contributed by atoms with Gasteiger partial charge in [-0.1, -0.05) is 52.0 Å². The van der Waals surface area contributed by atoms with E-state index in [1.807, 2.05) is 39.8 Å². The number of ether oxygens (including phenoxy) is 3. The van der Waals surface area contributed by atoms with E-state index in [4.69, 9.17) is 14.2 Å². The number of aliphatic hydroxyl groups is 3. The molecule has 0 bridgehead atoms. The summed E-state index contributed by atoms with van der Waals surface area (Å²) in [5.41, 5.74) is -0.630. The molecule has 2 aliphatic heterocycles. The van der Waals surface area contributed by atoms with Crippen LogP contribution in [-0.2, 0) is 19.0 Å². The number of epoxide rings is 1. The minimum Gasteiger partial charge on any atom is -0.457 e. The monoisotopic (exact) mass is 551 g/mol. The Morgan fingerprint density at radius 2 is 2.03 bits per heavy atom. The van der Waals surface area contributed by atoms with E-state index < -0.39 is 36.0 Å². The molecule has 1 fully saturated rings. The van der Waals surface area contributed by atoms with Gasteiger partial charge in [0.05, 0.1) is 30.8 Å². The van der Waals surface area contributed by atoms with Crippen LogP contribution < -0.4 is 5.32 Å². The summed E-state index contributed by atoms with van der Waals surface area (Å²) < 4.78 is 17.0. The number of alkyl carbamates (subject to hydrolysis) is 1. The van der Waals surface area contributed by atoms with Crippen LogP contribution in [0.5, 0.6) is 0 Å². The summed E-state index contributed by atoms with van der Waals surface area (Å²) >= 11 is 0. The van der Waals surface area contributed by atoms with Gasteiger partial charge in [-0.2, -0.15) is 0 Å². The third kappa shape index (κ3) is 10.4. The normalized spacial score (nSPS) is 34.8. The number of allylic oxidation sites excluding steroid dienone is 3. The maximum absolute atomic E-state index is 12.6. The number of carbonyl (C=O) groups excluding carboxylic acids is 2. The zero-order valence-corrected chi connectivity index (χ0v) is 24.5. The SMILES string of the molecule is CCC(O)C(C)C1OC1CC(C)C=CC=C(C)C1OC(=O)CC(O)CCC(C)(O)C(OC(=O)NC)C=CC1C. The Morgan fingerprint density at radius 3 is 2.67 bits per heavy atom. The molecule has 0 spiro atoms. The molecular formula is C30H49NO8. The molecule has 10 atom stereocenters. The minimum absolute atomic E-state index is 0.101. The molecule has 39 heavy (non-hydrogen) atoms. The van der Waals surface area contributed by atoms with Gasteiger partial charge < -0.3 is 34.8 Å². The van der Waals surface area contributed by atoms with Gasteiger partial charge in [-0.05, 0) is 57.1 Å². The quantitative estimate of drug-likeness (QED) is 0.147. The van der Waals surface area contributed by atoms with Crippen LogP contribution in [0.2, 0.25) is 0 Å². The summed E-state index contributed by atoms with van der Waals surface area (Å²) in [5.74, 6) is -0.443. The molecule has 2 heterocycles. The molecule has 2 rings (SSSR count). The number of rotatable bonds is 9. The highest BCUT2D eigenvalue weighted by Crippen LogP contribution is 2.36. The zero-order valence-electron chi connectivity index (χ0n) is 24.5. The van der Waals surface area contributed by atoms with Crippen molar-refractivity contribution in [1.29, 1.82) is 0 Å². The number of nitrogens with one attached hydrogen (secondary N) is 1. The smallest absolute Gasteiger partial charge is 0.407 e. The highest BCUT2D eigenvalue weighted by atomic mass is 16.6. The molecule has 0 aromatic heterocycles. The molecule has 1 saturated heterocycles. The summed E-state index contributed by atoms with van der Waals surface area (Å²) in [6.45, 7) is 11.4. The summed E-state index contributed by atoms with van der Waals surface area (Å²) in [7, 11) is 1.44.